The minimum atomic E-state index is -4.57. The number of hydrogen-bond acceptors (Lipinski definition) is 5. The summed E-state index contributed by atoms with van der Waals surface area (Å²) >= 11 is 0. The van der Waals surface area contributed by atoms with Crippen LogP contribution in [-0.2, 0) is 14.8 Å². The van der Waals surface area contributed by atoms with Gasteiger partial charge in [-0.15, -0.1) is 6.58 Å². The number of aliphatic carboxylic acids is 1. The van der Waals surface area contributed by atoms with Gasteiger partial charge in [0.1, 0.15) is 16.8 Å². The maximum absolute atomic E-state index is 13.6. The van der Waals surface area contributed by atoms with Crippen molar-refractivity contribution in [2.75, 3.05) is 0 Å². The first-order valence-electron chi connectivity index (χ1n) is 5.49. The highest BCUT2D eigenvalue weighted by Crippen LogP contribution is 2.21. The second-order valence-electron chi connectivity index (χ2n) is 3.91. The second kappa shape index (κ2) is 6.41. The van der Waals surface area contributed by atoms with Crippen LogP contribution in [0.25, 0.3) is 0 Å². The molecule has 1 rings (SSSR count). The van der Waals surface area contributed by atoms with Crippen LogP contribution in [0.2, 0.25) is 0 Å². The highest BCUT2D eigenvalue weighted by molar-refractivity contribution is 7.89. The minimum Gasteiger partial charge on any atom is -0.480 e. The quantitative estimate of drug-likeness (QED) is 0.439. The lowest BCUT2D eigenvalue weighted by molar-refractivity contribution is -0.385. The van der Waals surface area contributed by atoms with Crippen molar-refractivity contribution in [1.29, 1.82) is 0 Å². The molecule has 0 heterocycles. The number of nitro groups is 1. The van der Waals surface area contributed by atoms with Crippen molar-refractivity contribution in [3.8, 4) is 0 Å². The molecule has 2 N–H and O–H groups in total. The summed E-state index contributed by atoms with van der Waals surface area (Å²) < 4.78 is 39.2. The zero-order valence-corrected chi connectivity index (χ0v) is 11.3. The third-order valence-corrected chi connectivity index (χ3v) is 3.90. The largest absolute Gasteiger partial charge is 0.480 e. The average molecular weight is 318 g/mol. The van der Waals surface area contributed by atoms with E-state index >= 15 is 0 Å². The summed E-state index contributed by atoms with van der Waals surface area (Å²) in [5.74, 6) is -2.71. The molecule has 0 spiro atoms. The van der Waals surface area contributed by atoms with Gasteiger partial charge < -0.3 is 5.11 Å². The van der Waals surface area contributed by atoms with Crippen LogP contribution < -0.4 is 4.72 Å². The Morgan fingerprint density at radius 3 is 2.67 bits per heavy atom. The summed E-state index contributed by atoms with van der Waals surface area (Å²) in [5.41, 5.74) is -0.632. The van der Waals surface area contributed by atoms with Crippen molar-refractivity contribution in [2.45, 2.75) is 17.4 Å². The summed E-state index contributed by atoms with van der Waals surface area (Å²) in [7, 11) is -4.57. The summed E-state index contributed by atoms with van der Waals surface area (Å²) in [6.07, 6.45) is 0.941. The van der Waals surface area contributed by atoms with Gasteiger partial charge in [-0.3, -0.25) is 14.9 Å². The number of carboxylic acids is 1. The lowest BCUT2D eigenvalue weighted by atomic mass is 10.2. The molecule has 1 unspecified atom stereocenters. The predicted octanol–water partition coefficient (Wildman–Crippen LogP) is 1.04. The lowest BCUT2D eigenvalue weighted by Crippen LogP contribution is -2.40. The van der Waals surface area contributed by atoms with Gasteiger partial charge in [-0.1, -0.05) is 6.08 Å². The molecule has 0 bridgehead atoms. The van der Waals surface area contributed by atoms with Gasteiger partial charge in [0, 0.05) is 12.1 Å². The van der Waals surface area contributed by atoms with Gasteiger partial charge in [-0.2, -0.15) is 4.72 Å². The topological polar surface area (TPSA) is 127 Å². The summed E-state index contributed by atoms with van der Waals surface area (Å²) in [6, 6.07) is 0.388. The number of carbonyl (C=O) groups is 1. The van der Waals surface area contributed by atoms with E-state index in [4.69, 9.17) is 5.11 Å². The zero-order chi connectivity index (χ0) is 16.2. The molecular formula is C11H11FN2O6S. The number of rotatable bonds is 7. The molecule has 1 aromatic carbocycles. The maximum atomic E-state index is 13.6. The first-order valence-corrected chi connectivity index (χ1v) is 6.97. The van der Waals surface area contributed by atoms with Crippen LogP contribution in [-0.4, -0.2) is 30.5 Å². The number of carboxylic acid groups (broad SMARTS) is 1. The molecule has 0 aliphatic rings. The van der Waals surface area contributed by atoms with E-state index in [2.05, 4.69) is 6.58 Å². The fourth-order valence-electron chi connectivity index (χ4n) is 1.43. The Kier molecular flexibility index (Phi) is 5.11. The third-order valence-electron chi connectivity index (χ3n) is 2.41. The Hall–Kier alpha value is -2.33. The lowest BCUT2D eigenvalue weighted by Gasteiger charge is -2.13. The molecular weight excluding hydrogens is 307 g/mol. The van der Waals surface area contributed by atoms with Gasteiger partial charge in [0.05, 0.1) is 4.92 Å². The number of hydrogen-bond donors (Lipinski definition) is 2. The molecule has 8 nitrogen and oxygen atoms in total. The van der Waals surface area contributed by atoms with Crippen molar-refractivity contribution < 1.29 is 27.6 Å². The monoisotopic (exact) mass is 318 g/mol. The number of benzene rings is 1. The van der Waals surface area contributed by atoms with Crippen LogP contribution in [0.3, 0.4) is 0 Å². The zero-order valence-electron chi connectivity index (χ0n) is 10.5. The van der Waals surface area contributed by atoms with Crippen LogP contribution in [0.1, 0.15) is 6.42 Å². The molecule has 10 heteroatoms. The van der Waals surface area contributed by atoms with E-state index < -0.39 is 43.4 Å². The van der Waals surface area contributed by atoms with E-state index in [1.54, 1.807) is 4.72 Å². The molecule has 0 aliphatic heterocycles. The summed E-state index contributed by atoms with van der Waals surface area (Å²) in [5, 5.41) is 19.4. The number of nitrogens with zero attached hydrogens (tertiary/aromatic N) is 1. The molecule has 0 saturated carbocycles. The van der Waals surface area contributed by atoms with Gasteiger partial charge >= 0.3 is 5.97 Å². The van der Waals surface area contributed by atoms with Gasteiger partial charge in [-0.25, -0.2) is 12.8 Å². The summed E-state index contributed by atoms with van der Waals surface area (Å²) in [6.45, 7) is 3.28. The summed E-state index contributed by atoms with van der Waals surface area (Å²) in [4.78, 5) is 19.6. The van der Waals surface area contributed by atoms with Gasteiger partial charge in [-0.05, 0) is 12.5 Å². The molecule has 0 amide bonds. The number of halogens is 1. The molecule has 21 heavy (non-hydrogen) atoms. The molecule has 0 radical (unpaired) electrons. The van der Waals surface area contributed by atoms with Gasteiger partial charge in [0.15, 0.2) is 0 Å². The molecule has 1 aromatic rings. The van der Waals surface area contributed by atoms with E-state index in [9.17, 15) is 27.7 Å². The van der Waals surface area contributed by atoms with Crippen molar-refractivity contribution in [1.82, 2.24) is 4.72 Å². The number of sulfonamides is 1. The smallest absolute Gasteiger partial charge is 0.322 e. The van der Waals surface area contributed by atoms with E-state index in [-0.39, 0.29) is 6.42 Å². The molecule has 1 atom stereocenters. The highest BCUT2D eigenvalue weighted by Gasteiger charge is 2.28. The Morgan fingerprint density at radius 2 is 2.19 bits per heavy atom. The fourth-order valence-corrected chi connectivity index (χ4v) is 2.73. The molecule has 0 fully saturated rings. The fraction of sp³-hybridized carbons (Fsp3) is 0.182. The number of non-ortho nitro benzene ring substituents is 1. The van der Waals surface area contributed by atoms with Crippen LogP contribution in [0.5, 0.6) is 0 Å². The van der Waals surface area contributed by atoms with Crippen molar-refractivity contribution in [3.05, 3.63) is 46.8 Å². The van der Waals surface area contributed by atoms with Crippen molar-refractivity contribution in [2.24, 2.45) is 0 Å². The molecule has 114 valence electrons. The normalized spacial score (nSPS) is 12.6. The molecule has 0 aromatic heterocycles. The standard InChI is InChI=1S/C11H11FN2O6S/c1-2-3-9(11(15)16)13-21(19,20)10-6-7(14(17)18)4-5-8(10)12/h2,4-6,9,13H,1,3H2,(H,15,16). The van der Waals surface area contributed by atoms with Crippen LogP contribution >= 0.6 is 0 Å². The van der Waals surface area contributed by atoms with E-state index in [1.807, 2.05) is 0 Å². The van der Waals surface area contributed by atoms with Crippen molar-refractivity contribution in [3.63, 3.8) is 0 Å². The van der Waals surface area contributed by atoms with E-state index in [0.717, 1.165) is 6.07 Å². The maximum Gasteiger partial charge on any atom is 0.322 e. The molecule has 0 saturated heterocycles. The Morgan fingerprint density at radius 1 is 1.57 bits per heavy atom. The minimum absolute atomic E-state index is 0.231. The molecule has 0 aliphatic carbocycles. The van der Waals surface area contributed by atoms with Gasteiger partial charge in [0.25, 0.3) is 5.69 Å². The van der Waals surface area contributed by atoms with Crippen LogP contribution in [0.4, 0.5) is 10.1 Å². The van der Waals surface area contributed by atoms with Gasteiger partial charge in [0.2, 0.25) is 10.0 Å². The van der Waals surface area contributed by atoms with Crippen molar-refractivity contribution >= 4 is 21.7 Å². The first-order chi connectivity index (χ1) is 9.69. The SMILES string of the molecule is C=CCC(NS(=O)(=O)c1cc([N+](=O)[O-])ccc1F)C(=O)O. The van der Waals surface area contributed by atoms with E-state index in [0.29, 0.717) is 12.1 Å². The second-order valence-corrected chi connectivity index (χ2v) is 5.59. The Bertz CT molecular complexity index is 688. The van der Waals surface area contributed by atoms with Crippen LogP contribution in [0.15, 0.2) is 35.7 Å². The Labute approximate surface area is 119 Å². The number of nitro benzene ring substituents is 1. The number of nitrogens with one attached hydrogen (secondary N) is 1. The predicted molar refractivity (Wildman–Crippen MR) is 69.6 cm³/mol. The third kappa shape index (κ3) is 4.07. The average Bonchev–Trinajstić information content (AvgIpc) is 2.37. The first kappa shape index (κ1) is 16.7. The van der Waals surface area contributed by atoms with Crippen LogP contribution in [0, 0.1) is 15.9 Å². The Balaban J connectivity index is 3.24. The highest BCUT2D eigenvalue weighted by atomic mass is 32.2. The van der Waals surface area contributed by atoms with E-state index in [1.165, 1.54) is 6.08 Å².